The van der Waals surface area contributed by atoms with Crippen LogP contribution in [-0.2, 0) is 7.05 Å². The number of nitrogens with zero attached hydrogens (tertiary/aromatic N) is 3. The zero-order valence-electron chi connectivity index (χ0n) is 15.8. The monoisotopic (exact) mass is 372 g/mol. The second-order valence-corrected chi connectivity index (χ2v) is 6.52. The van der Waals surface area contributed by atoms with Crippen LogP contribution in [0.4, 0.5) is 5.69 Å². The maximum atomic E-state index is 12.7. The van der Waals surface area contributed by atoms with Crippen LogP contribution in [0, 0.1) is 5.92 Å². The number of carbonyl (C=O) groups excluding carboxylic acids is 1. The zero-order chi connectivity index (χ0) is 19.4. The zero-order valence-corrected chi connectivity index (χ0v) is 15.8. The van der Waals surface area contributed by atoms with Crippen molar-refractivity contribution >= 4 is 11.6 Å². The molecular formula is C19H24N4O4. The van der Waals surface area contributed by atoms with E-state index in [2.05, 4.69) is 15.3 Å². The van der Waals surface area contributed by atoms with Gasteiger partial charge in [0, 0.05) is 32.7 Å². The molecule has 2 heterocycles. The largest absolute Gasteiger partial charge is 0.496 e. The van der Waals surface area contributed by atoms with E-state index in [0.717, 1.165) is 25.2 Å². The average molecular weight is 372 g/mol. The van der Waals surface area contributed by atoms with Crippen LogP contribution in [0.15, 0.2) is 35.3 Å². The summed E-state index contributed by atoms with van der Waals surface area (Å²) in [4.78, 5) is 26.5. The summed E-state index contributed by atoms with van der Waals surface area (Å²) in [5.74, 6) is 1.02. The van der Waals surface area contributed by atoms with Crippen LogP contribution in [0.3, 0.4) is 0 Å². The summed E-state index contributed by atoms with van der Waals surface area (Å²) in [5, 5.41) is 7.04. The van der Waals surface area contributed by atoms with E-state index in [1.54, 1.807) is 37.5 Å². The van der Waals surface area contributed by atoms with E-state index in [1.165, 1.54) is 18.9 Å². The molecule has 1 saturated heterocycles. The molecule has 8 heteroatoms. The van der Waals surface area contributed by atoms with Crippen molar-refractivity contribution in [2.75, 3.05) is 38.8 Å². The molecule has 1 fully saturated rings. The Kier molecular flexibility index (Phi) is 5.63. The van der Waals surface area contributed by atoms with Crippen molar-refractivity contribution in [2.45, 2.75) is 6.42 Å². The lowest BCUT2D eigenvalue weighted by molar-refractivity contribution is 0.0942. The number of methoxy groups -OCH3 is 2. The number of hydrogen-bond acceptors (Lipinski definition) is 6. The number of aromatic nitrogens is 2. The van der Waals surface area contributed by atoms with Crippen molar-refractivity contribution in [3.63, 3.8) is 0 Å². The molecule has 1 aliphatic rings. The van der Waals surface area contributed by atoms with Gasteiger partial charge in [-0.2, -0.15) is 5.10 Å². The van der Waals surface area contributed by atoms with Gasteiger partial charge in [0.1, 0.15) is 17.1 Å². The minimum absolute atomic E-state index is 0.132. The number of carbonyl (C=O) groups is 1. The molecule has 1 aromatic carbocycles. The standard InChI is InChI=1S/C19H24N4O4/c1-22-17(24)9-14(11-21-22)23-8-7-13(12-23)10-20-19(25)18-15(26-2)5-4-6-16(18)27-3/h4-6,9,11,13H,7-8,10,12H2,1-3H3,(H,20,25)/t13-/m1/s1. The van der Waals surface area contributed by atoms with Gasteiger partial charge in [0.2, 0.25) is 0 Å². The topological polar surface area (TPSA) is 85.7 Å². The van der Waals surface area contributed by atoms with E-state index in [9.17, 15) is 9.59 Å². The SMILES string of the molecule is COc1cccc(OC)c1C(=O)NC[C@H]1CCN(c2cnn(C)c(=O)c2)C1. The molecule has 1 aromatic heterocycles. The number of amides is 1. The molecule has 0 aliphatic carbocycles. The highest BCUT2D eigenvalue weighted by molar-refractivity contribution is 5.99. The van der Waals surface area contributed by atoms with Crippen molar-refractivity contribution in [3.8, 4) is 11.5 Å². The second kappa shape index (κ2) is 8.11. The van der Waals surface area contributed by atoms with Crippen LogP contribution in [-0.4, -0.2) is 49.5 Å². The van der Waals surface area contributed by atoms with Gasteiger partial charge >= 0.3 is 0 Å². The van der Waals surface area contributed by atoms with Gasteiger partial charge < -0.3 is 19.7 Å². The molecule has 8 nitrogen and oxygen atoms in total. The van der Waals surface area contributed by atoms with E-state index < -0.39 is 0 Å². The van der Waals surface area contributed by atoms with Gasteiger partial charge in [0.15, 0.2) is 0 Å². The number of hydrogen-bond donors (Lipinski definition) is 1. The summed E-state index contributed by atoms with van der Waals surface area (Å²) in [7, 11) is 4.68. The maximum Gasteiger partial charge on any atom is 0.268 e. The van der Waals surface area contributed by atoms with Crippen LogP contribution in [0.1, 0.15) is 16.8 Å². The Morgan fingerprint density at radius 2 is 2.00 bits per heavy atom. The number of ether oxygens (including phenoxy) is 2. The Labute approximate surface area is 157 Å². The summed E-state index contributed by atoms with van der Waals surface area (Å²) >= 11 is 0. The van der Waals surface area contributed by atoms with Gasteiger partial charge in [0.25, 0.3) is 11.5 Å². The number of nitrogens with one attached hydrogen (secondary N) is 1. The van der Waals surface area contributed by atoms with Gasteiger partial charge in [0.05, 0.1) is 26.1 Å². The van der Waals surface area contributed by atoms with Crippen LogP contribution in [0.25, 0.3) is 0 Å². The average Bonchev–Trinajstić information content (AvgIpc) is 3.16. The normalized spacial score (nSPS) is 16.3. The molecule has 0 radical (unpaired) electrons. The lowest BCUT2D eigenvalue weighted by Crippen LogP contribution is -2.32. The molecular weight excluding hydrogens is 348 g/mol. The third kappa shape index (κ3) is 4.05. The van der Waals surface area contributed by atoms with Crippen LogP contribution < -0.4 is 25.2 Å². The molecule has 1 amide bonds. The van der Waals surface area contributed by atoms with Crippen molar-refractivity contribution < 1.29 is 14.3 Å². The number of rotatable bonds is 6. The summed E-state index contributed by atoms with van der Waals surface area (Å²) in [5.41, 5.74) is 1.08. The van der Waals surface area contributed by atoms with Gasteiger partial charge in [-0.1, -0.05) is 6.07 Å². The Morgan fingerprint density at radius 3 is 2.63 bits per heavy atom. The molecule has 0 spiro atoms. The Morgan fingerprint density at radius 1 is 1.30 bits per heavy atom. The van der Waals surface area contributed by atoms with Gasteiger partial charge in [-0.3, -0.25) is 9.59 Å². The molecule has 0 bridgehead atoms. The Balaban J connectivity index is 1.62. The fourth-order valence-electron chi connectivity index (χ4n) is 3.27. The van der Waals surface area contributed by atoms with E-state index >= 15 is 0 Å². The fraction of sp³-hybridized carbons (Fsp3) is 0.421. The van der Waals surface area contributed by atoms with E-state index in [-0.39, 0.29) is 11.5 Å². The third-order valence-electron chi connectivity index (χ3n) is 4.81. The third-order valence-corrected chi connectivity index (χ3v) is 4.81. The molecule has 0 saturated carbocycles. The molecule has 1 atom stereocenters. The summed E-state index contributed by atoms with van der Waals surface area (Å²) in [6, 6.07) is 6.84. The van der Waals surface area contributed by atoms with E-state index in [0.29, 0.717) is 29.5 Å². The second-order valence-electron chi connectivity index (χ2n) is 6.52. The Bertz CT molecular complexity index is 858. The predicted octanol–water partition coefficient (Wildman–Crippen LogP) is 1.05. The molecule has 144 valence electrons. The maximum absolute atomic E-state index is 12.7. The highest BCUT2D eigenvalue weighted by Gasteiger charge is 2.25. The fourth-order valence-corrected chi connectivity index (χ4v) is 3.27. The van der Waals surface area contributed by atoms with Crippen LogP contribution in [0.5, 0.6) is 11.5 Å². The lowest BCUT2D eigenvalue weighted by Gasteiger charge is -2.18. The van der Waals surface area contributed by atoms with Crippen molar-refractivity contribution in [1.82, 2.24) is 15.1 Å². The van der Waals surface area contributed by atoms with E-state index in [4.69, 9.17) is 9.47 Å². The first-order chi connectivity index (χ1) is 13.0. The molecule has 1 N–H and O–H groups in total. The minimum atomic E-state index is -0.224. The first kappa shape index (κ1) is 18.8. The van der Waals surface area contributed by atoms with Crippen molar-refractivity contribution in [1.29, 1.82) is 0 Å². The highest BCUT2D eigenvalue weighted by Crippen LogP contribution is 2.28. The molecule has 2 aromatic rings. The van der Waals surface area contributed by atoms with Gasteiger partial charge in [-0.25, -0.2) is 4.68 Å². The van der Waals surface area contributed by atoms with Gasteiger partial charge in [-0.05, 0) is 24.5 Å². The van der Waals surface area contributed by atoms with Crippen molar-refractivity contribution in [2.24, 2.45) is 13.0 Å². The molecule has 0 unspecified atom stereocenters. The molecule has 27 heavy (non-hydrogen) atoms. The summed E-state index contributed by atoms with van der Waals surface area (Å²) in [6.07, 6.45) is 2.63. The molecule has 1 aliphatic heterocycles. The molecule has 3 rings (SSSR count). The van der Waals surface area contributed by atoms with Crippen molar-refractivity contribution in [3.05, 3.63) is 46.4 Å². The van der Waals surface area contributed by atoms with Crippen LogP contribution in [0.2, 0.25) is 0 Å². The minimum Gasteiger partial charge on any atom is -0.496 e. The Hall–Kier alpha value is -3.03. The lowest BCUT2D eigenvalue weighted by atomic mass is 10.1. The number of benzene rings is 1. The number of anilines is 1. The first-order valence-corrected chi connectivity index (χ1v) is 8.81. The van der Waals surface area contributed by atoms with Gasteiger partial charge in [-0.15, -0.1) is 0 Å². The number of aryl methyl sites for hydroxylation is 1. The van der Waals surface area contributed by atoms with Crippen LogP contribution >= 0.6 is 0 Å². The predicted molar refractivity (Wildman–Crippen MR) is 102 cm³/mol. The summed E-state index contributed by atoms with van der Waals surface area (Å²) < 4.78 is 11.9. The first-order valence-electron chi connectivity index (χ1n) is 8.81. The highest BCUT2D eigenvalue weighted by atomic mass is 16.5. The summed E-state index contributed by atoms with van der Waals surface area (Å²) in [6.45, 7) is 2.13. The quantitative estimate of drug-likeness (QED) is 0.816. The van der Waals surface area contributed by atoms with E-state index in [1.807, 2.05) is 0 Å². The smallest absolute Gasteiger partial charge is 0.268 e.